The first-order chi connectivity index (χ1) is 13.4. The molecule has 1 fully saturated rings. The number of rotatable bonds is 6. The Balaban J connectivity index is 0.00000225. The number of piperazine rings is 1. The summed E-state index contributed by atoms with van der Waals surface area (Å²) in [4.78, 5) is 15.9. The lowest BCUT2D eigenvalue weighted by Crippen LogP contribution is -2.57. The number of carbonyl (C=O) groups is 1. The van der Waals surface area contributed by atoms with Crippen LogP contribution in [-0.2, 0) is 11.2 Å². The number of aryl methyl sites for hydroxylation is 1. The first kappa shape index (κ1) is 26.8. The fourth-order valence-corrected chi connectivity index (χ4v) is 4.07. The monoisotopic (exact) mass is 470 g/mol. The molecule has 172 valence electrons. The van der Waals surface area contributed by atoms with Crippen molar-refractivity contribution in [3.8, 4) is 0 Å². The molecule has 0 saturated carbocycles. The zero-order valence-electron chi connectivity index (χ0n) is 17.1. The maximum atomic E-state index is 13.4. The Morgan fingerprint density at radius 1 is 1.23 bits per heavy atom. The van der Waals surface area contributed by atoms with E-state index in [1.807, 2.05) is 18.2 Å². The largest absolute Gasteiger partial charge is 0.405 e. The fourth-order valence-electron chi connectivity index (χ4n) is 4.07. The molecule has 2 aliphatic heterocycles. The predicted molar refractivity (Wildman–Crippen MR) is 118 cm³/mol. The second-order valence-electron chi connectivity index (χ2n) is 7.61. The third-order valence-corrected chi connectivity index (χ3v) is 5.71. The summed E-state index contributed by atoms with van der Waals surface area (Å²) in [5, 5.41) is 5.57. The standard InChI is InChI=1S/C20H29F3N4O.2ClH/c1-15-6-7-16-4-2-3-5-17(16)27(15)11-8-19(28)25-14-18(20(21,22)23)26-12-9-24-10-13-26;;/h2-5,15,18,24H,6-14H2,1H3,(H,25,28);2*1H. The van der Waals surface area contributed by atoms with Crippen molar-refractivity contribution in [3.63, 3.8) is 0 Å². The maximum Gasteiger partial charge on any atom is 0.405 e. The minimum atomic E-state index is -4.36. The lowest BCUT2D eigenvalue weighted by atomic mass is 9.96. The molecule has 5 nitrogen and oxygen atoms in total. The number of nitrogens with zero attached hydrogens (tertiary/aromatic N) is 2. The number of amides is 1. The van der Waals surface area contributed by atoms with E-state index in [0.717, 1.165) is 18.5 Å². The van der Waals surface area contributed by atoms with Crippen LogP contribution in [0.1, 0.15) is 25.3 Å². The van der Waals surface area contributed by atoms with Gasteiger partial charge in [0.15, 0.2) is 0 Å². The molecular weight excluding hydrogens is 440 g/mol. The van der Waals surface area contributed by atoms with Crippen LogP contribution in [0.25, 0.3) is 0 Å². The van der Waals surface area contributed by atoms with E-state index in [9.17, 15) is 18.0 Å². The molecule has 2 heterocycles. The summed E-state index contributed by atoms with van der Waals surface area (Å²) in [7, 11) is 0. The Morgan fingerprint density at radius 2 is 1.90 bits per heavy atom. The van der Waals surface area contributed by atoms with E-state index in [1.165, 1.54) is 10.5 Å². The maximum absolute atomic E-state index is 13.4. The topological polar surface area (TPSA) is 47.6 Å². The molecule has 1 amide bonds. The number of anilines is 1. The van der Waals surface area contributed by atoms with Crippen molar-refractivity contribution in [1.82, 2.24) is 15.5 Å². The Kier molecular flexibility index (Phi) is 10.7. The molecule has 2 atom stereocenters. The van der Waals surface area contributed by atoms with E-state index in [-0.39, 0.29) is 37.1 Å². The average Bonchev–Trinajstić information content (AvgIpc) is 2.67. The number of hydrogen-bond donors (Lipinski definition) is 2. The lowest BCUT2D eigenvalue weighted by Gasteiger charge is -2.37. The molecule has 1 saturated heterocycles. The molecule has 30 heavy (non-hydrogen) atoms. The molecule has 2 N–H and O–H groups in total. The van der Waals surface area contributed by atoms with Gasteiger partial charge in [-0.3, -0.25) is 9.69 Å². The number of halogens is 5. The molecule has 1 aromatic carbocycles. The number of fused-ring (bicyclic) bond motifs is 1. The van der Waals surface area contributed by atoms with E-state index in [0.29, 0.717) is 38.8 Å². The van der Waals surface area contributed by atoms with Crippen molar-refractivity contribution in [2.75, 3.05) is 44.2 Å². The second-order valence-corrected chi connectivity index (χ2v) is 7.61. The summed E-state index contributed by atoms with van der Waals surface area (Å²) in [5.41, 5.74) is 2.39. The molecule has 10 heteroatoms. The van der Waals surface area contributed by atoms with E-state index in [2.05, 4.69) is 28.5 Å². The highest BCUT2D eigenvalue weighted by molar-refractivity contribution is 5.85. The van der Waals surface area contributed by atoms with Crippen LogP contribution in [0.2, 0.25) is 0 Å². The minimum absolute atomic E-state index is 0. The van der Waals surface area contributed by atoms with Gasteiger partial charge >= 0.3 is 6.18 Å². The molecule has 1 aromatic rings. The average molecular weight is 471 g/mol. The molecule has 3 rings (SSSR count). The first-order valence-electron chi connectivity index (χ1n) is 9.99. The molecule has 0 spiro atoms. The molecular formula is C20H31Cl2F3N4O. The van der Waals surface area contributed by atoms with Crippen LogP contribution in [0.4, 0.5) is 18.9 Å². The van der Waals surface area contributed by atoms with Gasteiger partial charge in [-0.05, 0) is 31.4 Å². The number of para-hydroxylation sites is 1. The van der Waals surface area contributed by atoms with Gasteiger partial charge in [-0.25, -0.2) is 0 Å². The highest BCUT2D eigenvalue weighted by atomic mass is 35.5. The summed E-state index contributed by atoms with van der Waals surface area (Å²) >= 11 is 0. The van der Waals surface area contributed by atoms with Gasteiger partial charge in [0, 0.05) is 57.4 Å². The highest BCUT2D eigenvalue weighted by Gasteiger charge is 2.43. The smallest absolute Gasteiger partial charge is 0.368 e. The van der Waals surface area contributed by atoms with E-state index in [4.69, 9.17) is 0 Å². The molecule has 0 bridgehead atoms. The molecule has 2 aliphatic rings. The van der Waals surface area contributed by atoms with Crippen molar-refractivity contribution in [2.45, 2.75) is 44.4 Å². The van der Waals surface area contributed by atoms with E-state index in [1.54, 1.807) is 0 Å². The predicted octanol–water partition coefficient (Wildman–Crippen LogP) is 3.01. The number of carbonyl (C=O) groups excluding carboxylic acids is 1. The van der Waals surface area contributed by atoms with E-state index < -0.39 is 18.8 Å². The number of hydrogen-bond acceptors (Lipinski definition) is 4. The van der Waals surface area contributed by atoms with Gasteiger partial charge in [-0.1, -0.05) is 18.2 Å². The highest BCUT2D eigenvalue weighted by Crippen LogP contribution is 2.30. The third kappa shape index (κ3) is 6.90. The minimum Gasteiger partial charge on any atom is -0.368 e. The quantitative estimate of drug-likeness (QED) is 0.670. The van der Waals surface area contributed by atoms with Crippen LogP contribution in [0, 0.1) is 0 Å². The lowest BCUT2D eigenvalue weighted by molar-refractivity contribution is -0.184. The van der Waals surface area contributed by atoms with Gasteiger partial charge in [-0.2, -0.15) is 13.2 Å². The van der Waals surface area contributed by atoms with Crippen LogP contribution < -0.4 is 15.5 Å². The van der Waals surface area contributed by atoms with Crippen LogP contribution >= 0.6 is 24.8 Å². The first-order valence-corrected chi connectivity index (χ1v) is 9.99. The zero-order chi connectivity index (χ0) is 20.1. The molecule has 0 aliphatic carbocycles. The Morgan fingerprint density at radius 3 is 2.57 bits per heavy atom. The van der Waals surface area contributed by atoms with Gasteiger partial charge in [0.2, 0.25) is 5.91 Å². The van der Waals surface area contributed by atoms with Crippen LogP contribution in [0.5, 0.6) is 0 Å². The summed E-state index contributed by atoms with van der Waals surface area (Å²) in [6, 6.07) is 6.81. The second kappa shape index (κ2) is 12.0. The van der Waals surface area contributed by atoms with Crippen LogP contribution in [0.3, 0.4) is 0 Å². The van der Waals surface area contributed by atoms with Gasteiger partial charge in [0.05, 0.1) is 0 Å². The summed E-state index contributed by atoms with van der Waals surface area (Å²) in [6.07, 6.45) is -2.15. The SMILES string of the molecule is CC1CCc2ccccc2N1CCC(=O)NCC(N1CCNCC1)C(F)(F)F.Cl.Cl. The summed E-state index contributed by atoms with van der Waals surface area (Å²) in [5.74, 6) is -0.334. The van der Waals surface area contributed by atoms with Gasteiger partial charge in [-0.15, -0.1) is 24.8 Å². The van der Waals surface area contributed by atoms with Crippen molar-refractivity contribution < 1.29 is 18.0 Å². The molecule has 0 aromatic heterocycles. The van der Waals surface area contributed by atoms with Gasteiger partial charge < -0.3 is 15.5 Å². The number of alkyl halides is 3. The van der Waals surface area contributed by atoms with Crippen LogP contribution in [-0.4, -0.2) is 68.3 Å². The van der Waals surface area contributed by atoms with Gasteiger partial charge in [0.1, 0.15) is 6.04 Å². The number of benzene rings is 1. The van der Waals surface area contributed by atoms with Crippen molar-refractivity contribution in [2.24, 2.45) is 0 Å². The number of nitrogens with one attached hydrogen (secondary N) is 2. The normalized spacial score (nSPS) is 20.4. The van der Waals surface area contributed by atoms with Crippen molar-refractivity contribution >= 4 is 36.4 Å². The molecule has 0 radical (unpaired) electrons. The Labute approximate surface area is 188 Å². The fraction of sp³-hybridized carbons (Fsp3) is 0.650. The van der Waals surface area contributed by atoms with E-state index >= 15 is 0 Å². The summed E-state index contributed by atoms with van der Waals surface area (Å²) < 4.78 is 40.3. The van der Waals surface area contributed by atoms with Crippen LogP contribution in [0.15, 0.2) is 24.3 Å². The Hall–Kier alpha value is -1.22. The molecule has 2 unspecified atom stereocenters. The van der Waals surface area contributed by atoms with Crippen molar-refractivity contribution in [3.05, 3.63) is 29.8 Å². The van der Waals surface area contributed by atoms with Gasteiger partial charge in [0.25, 0.3) is 0 Å². The third-order valence-electron chi connectivity index (χ3n) is 5.71. The Bertz CT molecular complexity index is 672. The van der Waals surface area contributed by atoms with Crippen molar-refractivity contribution in [1.29, 1.82) is 0 Å². The zero-order valence-corrected chi connectivity index (χ0v) is 18.7. The summed E-state index contributed by atoms with van der Waals surface area (Å²) in [6.45, 7) is 3.98.